The van der Waals surface area contributed by atoms with E-state index in [2.05, 4.69) is 10.6 Å². The van der Waals surface area contributed by atoms with Crippen LogP contribution in [0.4, 0.5) is 0 Å². The van der Waals surface area contributed by atoms with Crippen molar-refractivity contribution in [2.24, 2.45) is 23.3 Å². The van der Waals surface area contributed by atoms with Crippen molar-refractivity contribution >= 4 is 29.9 Å². The van der Waals surface area contributed by atoms with Gasteiger partial charge in [-0.3, -0.25) is 24.0 Å². The highest BCUT2D eigenvalue weighted by Gasteiger charge is 2.36. The molecule has 1 aliphatic rings. The van der Waals surface area contributed by atoms with Crippen molar-refractivity contribution in [2.45, 2.75) is 71.1 Å². The summed E-state index contributed by atoms with van der Waals surface area (Å²) >= 11 is 0. The number of amides is 4. The normalized spacial score (nSPS) is 19.6. The molecule has 163 valence electrons. The van der Waals surface area contributed by atoms with Crippen LogP contribution in [-0.2, 0) is 24.0 Å². The zero-order chi connectivity index (χ0) is 22.3. The van der Waals surface area contributed by atoms with Gasteiger partial charge in [0.15, 0.2) is 0 Å². The minimum Gasteiger partial charge on any atom is -0.370 e. The Morgan fingerprint density at radius 1 is 1.07 bits per heavy atom. The van der Waals surface area contributed by atoms with Crippen LogP contribution in [0.1, 0.15) is 47.0 Å². The Hall–Kier alpha value is -2.49. The molecule has 4 amide bonds. The van der Waals surface area contributed by atoms with Gasteiger partial charge >= 0.3 is 0 Å². The Morgan fingerprint density at radius 3 is 2.17 bits per heavy atom. The number of rotatable bonds is 10. The number of primary amides is 1. The van der Waals surface area contributed by atoms with Gasteiger partial charge in [0.25, 0.3) is 0 Å². The SMILES string of the molecule is CC(C)[C@H](N)C(=O)N[C@H](C(=O)N[C@@H](CC(N)=O)C(=O)N1CCC[C@H]1[C]=O)C(C)C. The van der Waals surface area contributed by atoms with E-state index in [4.69, 9.17) is 11.5 Å². The molecule has 0 aromatic rings. The van der Waals surface area contributed by atoms with E-state index in [0.717, 1.165) is 0 Å². The molecule has 0 bridgehead atoms. The molecule has 0 spiro atoms. The summed E-state index contributed by atoms with van der Waals surface area (Å²) in [6.07, 6.45) is 2.48. The summed E-state index contributed by atoms with van der Waals surface area (Å²) in [7, 11) is 0. The fourth-order valence-electron chi connectivity index (χ4n) is 3.10. The molecule has 0 saturated carbocycles. The molecule has 0 aromatic carbocycles. The summed E-state index contributed by atoms with van der Waals surface area (Å²) in [5, 5.41) is 5.11. The maximum absolute atomic E-state index is 12.8. The monoisotopic (exact) mass is 410 g/mol. The van der Waals surface area contributed by atoms with E-state index >= 15 is 0 Å². The van der Waals surface area contributed by atoms with Gasteiger partial charge < -0.3 is 27.0 Å². The van der Waals surface area contributed by atoms with Crippen LogP contribution in [0, 0.1) is 11.8 Å². The second kappa shape index (κ2) is 10.9. The average Bonchev–Trinajstić information content (AvgIpc) is 3.11. The van der Waals surface area contributed by atoms with Gasteiger partial charge in [0.2, 0.25) is 29.9 Å². The van der Waals surface area contributed by atoms with E-state index in [-0.39, 0.29) is 11.8 Å². The maximum Gasteiger partial charge on any atom is 0.246 e. The van der Waals surface area contributed by atoms with Gasteiger partial charge in [-0.15, -0.1) is 0 Å². The lowest BCUT2D eigenvalue weighted by molar-refractivity contribution is -0.139. The molecule has 1 radical (unpaired) electrons. The number of hydrogen-bond acceptors (Lipinski definition) is 6. The van der Waals surface area contributed by atoms with Crippen molar-refractivity contribution in [1.29, 1.82) is 0 Å². The molecule has 29 heavy (non-hydrogen) atoms. The van der Waals surface area contributed by atoms with E-state index in [1.165, 1.54) is 4.90 Å². The maximum atomic E-state index is 12.8. The predicted molar refractivity (Wildman–Crippen MR) is 106 cm³/mol. The smallest absolute Gasteiger partial charge is 0.246 e. The van der Waals surface area contributed by atoms with Gasteiger partial charge in [0.05, 0.1) is 18.5 Å². The van der Waals surface area contributed by atoms with Crippen LogP contribution in [0.15, 0.2) is 0 Å². The highest BCUT2D eigenvalue weighted by Crippen LogP contribution is 2.17. The molecule has 1 aliphatic heterocycles. The van der Waals surface area contributed by atoms with Gasteiger partial charge in [-0.05, 0) is 24.7 Å². The third-order valence-electron chi connectivity index (χ3n) is 4.96. The van der Waals surface area contributed by atoms with Crippen molar-refractivity contribution in [3.05, 3.63) is 0 Å². The van der Waals surface area contributed by atoms with Crippen molar-refractivity contribution in [3.8, 4) is 0 Å². The standard InChI is InChI=1S/C19H32N5O5/c1-10(2)15(21)17(27)23-16(11(3)4)18(28)22-13(8-14(20)26)19(29)24-7-5-6-12(24)9-25/h10-13,15-16H,5-8,21H2,1-4H3,(H2,20,26)(H,22,28)(H,23,27)/t12-,13-,15-,16-/m0/s1. The predicted octanol–water partition coefficient (Wildman–Crippen LogP) is -1.43. The van der Waals surface area contributed by atoms with Crippen LogP contribution in [0.2, 0.25) is 0 Å². The Bertz CT molecular complexity index is 636. The third-order valence-corrected chi connectivity index (χ3v) is 4.96. The zero-order valence-corrected chi connectivity index (χ0v) is 17.4. The zero-order valence-electron chi connectivity index (χ0n) is 17.4. The fourth-order valence-corrected chi connectivity index (χ4v) is 3.10. The number of nitrogens with two attached hydrogens (primary N) is 2. The molecule has 4 atom stereocenters. The highest BCUT2D eigenvalue weighted by atomic mass is 16.2. The summed E-state index contributed by atoms with van der Waals surface area (Å²) in [6.45, 7) is 7.36. The van der Waals surface area contributed by atoms with Gasteiger partial charge in [-0.2, -0.15) is 0 Å². The number of hydrogen-bond donors (Lipinski definition) is 4. The topological polar surface area (TPSA) is 165 Å². The third kappa shape index (κ3) is 6.81. The molecule has 6 N–H and O–H groups in total. The van der Waals surface area contributed by atoms with Crippen LogP contribution in [-0.4, -0.2) is 65.5 Å². The molecular formula is C19H32N5O5. The molecule has 0 aliphatic carbocycles. The van der Waals surface area contributed by atoms with Crippen LogP contribution in [0.5, 0.6) is 0 Å². The Labute approximate surface area is 171 Å². The summed E-state index contributed by atoms with van der Waals surface area (Å²) in [5.41, 5.74) is 11.1. The quantitative estimate of drug-likeness (QED) is 0.345. The first-order valence-electron chi connectivity index (χ1n) is 9.82. The van der Waals surface area contributed by atoms with E-state index in [9.17, 15) is 24.0 Å². The molecule has 10 nitrogen and oxygen atoms in total. The Morgan fingerprint density at radius 2 is 1.69 bits per heavy atom. The number of nitrogens with zero attached hydrogens (tertiary/aromatic N) is 1. The van der Waals surface area contributed by atoms with E-state index < -0.39 is 54.2 Å². The molecule has 0 unspecified atom stereocenters. The fraction of sp³-hybridized carbons (Fsp3) is 0.737. The van der Waals surface area contributed by atoms with E-state index in [1.807, 2.05) is 0 Å². The molecular weight excluding hydrogens is 378 g/mol. The van der Waals surface area contributed by atoms with Crippen molar-refractivity contribution in [2.75, 3.05) is 6.54 Å². The summed E-state index contributed by atoms with van der Waals surface area (Å²) < 4.78 is 0. The number of carbonyl (C=O) groups is 4. The molecule has 1 rings (SSSR count). The molecule has 1 heterocycles. The first-order chi connectivity index (χ1) is 13.5. The molecule has 0 aromatic heterocycles. The van der Waals surface area contributed by atoms with Crippen molar-refractivity contribution in [3.63, 3.8) is 0 Å². The second-order valence-electron chi connectivity index (χ2n) is 8.04. The van der Waals surface area contributed by atoms with E-state index in [0.29, 0.717) is 19.4 Å². The average molecular weight is 410 g/mol. The Kier molecular flexibility index (Phi) is 9.22. The van der Waals surface area contributed by atoms with Crippen LogP contribution < -0.4 is 22.1 Å². The lowest BCUT2D eigenvalue weighted by Gasteiger charge is -2.29. The number of nitrogens with one attached hydrogen (secondary N) is 2. The summed E-state index contributed by atoms with van der Waals surface area (Å²) in [4.78, 5) is 61.7. The lowest BCUT2D eigenvalue weighted by atomic mass is 9.99. The first-order valence-corrected chi connectivity index (χ1v) is 9.82. The van der Waals surface area contributed by atoms with Crippen LogP contribution >= 0.6 is 0 Å². The van der Waals surface area contributed by atoms with Crippen molar-refractivity contribution < 1.29 is 24.0 Å². The van der Waals surface area contributed by atoms with Crippen LogP contribution in [0.3, 0.4) is 0 Å². The first kappa shape index (κ1) is 24.5. The van der Waals surface area contributed by atoms with Crippen LogP contribution in [0.25, 0.3) is 0 Å². The lowest BCUT2D eigenvalue weighted by Crippen LogP contribution is -2.59. The molecule has 1 fully saturated rings. The largest absolute Gasteiger partial charge is 0.370 e. The minimum atomic E-state index is -1.23. The van der Waals surface area contributed by atoms with Gasteiger partial charge in [-0.1, -0.05) is 27.7 Å². The highest BCUT2D eigenvalue weighted by molar-refractivity contribution is 5.95. The van der Waals surface area contributed by atoms with Gasteiger partial charge in [0.1, 0.15) is 12.1 Å². The van der Waals surface area contributed by atoms with E-state index in [1.54, 1.807) is 34.0 Å². The Balaban J connectivity index is 2.95. The minimum absolute atomic E-state index is 0.123. The molecule has 1 saturated heterocycles. The number of likely N-dealkylation sites (tertiary alicyclic amines) is 1. The molecule has 10 heteroatoms. The van der Waals surface area contributed by atoms with Crippen molar-refractivity contribution in [1.82, 2.24) is 15.5 Å². The summed E-state index contributed by atoms with van der Waals surface area (Å²) in [5.74, 6) is -2.89. The second-order valence-corrected chi connectivity index (χ2v) is 8.04. The number of carbonyl (C=O) groups excluding carboxylic acids is 5. The van der Waals surface area contributed by atoms with Gasteiger partial charge in [0, 0.05) is 6.54 Å². The van der Waals surface area contributed by atoms with Gasteiger partial charge in [-0.25, -0.2) is 0 Å². The summed E-state index contributed by atoms with van der Waals surface area (Å²) in [6, 6.07) is -3.69.